The van der Waals surface area contributed by atoms with Crippen LogP contribution in [0.25, 0.3) is 11.0 Å². The minimum atomic E-state index is 0.922. The van der Waals surface area contributed by atoms with Gasteiger partial charge < -0.3 is 14.6 Å². The number of benzene rings is 1. The average Bonchev–Trinajstić information content (AvgIpc) is 3.24. The van der Waals surface area contributed by atoms with E-state index < -0.39 is 0 Å². The van der Waals surface area contributed by atoms with E-state index >= 15 is 0 Å². The molecule has 3 heterocycles. The number of para-hydroxylation sites is 2. The molecule has 1 fully saturated rings. The number of fused-ring (bicyclic) bond motifs is 1. The van der Waals surface area contributed by atoms with Crippen molar-refractivity contribution in [2.75, 3.05) is 50.5 Å². The number of nitrogens with one attached hydrogen (secondary N) is 1. The van der Waals surface area contributed by atoms with E-state index in [9.17, 15) is 0 Å². The lowest BCUT2D eigenvalue weighted by Gasteiger charge is -2.36. The molecule has 3 aromatic rings. The van der Waals surface area contributed by atoms with Crippen LogP contribution in [-0.2, 0) is 0 Å². The van der Waals surface area contributed by atoms with Crippen molar-refractivity contribution in [1.82, 2.24) is 19.9 Å². The van der Waals surface area contributed by atoms with E-state index in [0.29, 0.717) is 0 Å². The molecule has 0 aliphatic carbocycles. The Balaban J connectivity index is 1.17. The van der Waals surface area contributed by atoms with Gasteiger partial charge in [0.1, 0.15) is 22.7 Å². The maximum atomic E-state index is 5.51. The highest BCUT2D eigenvalue weighted by Crippen LogP contribution is 2.28. The Bertz CT molecular complexity index is 891. The Hall–Kier alpha value is -2.25. The number of thioether (sulfide) groups is 1. The van der Waals surface area contributed by atoms with Crippen molar-refractivity contribution in [2.24, 2.45) is 0 Å². The topological polar surface area (TPSA) is 57.3 Å². The van der Waals surface area contributed by atoms with Gasteiger partial charge in [0.15, 0.2) is 0 Å². The number of methoxy groups -OCH3 is 1. The SMILES string of the molecule is COc1ccccc1N1CCN(CCCCSc2ncnc3[nH]ccc23)CC1. The number of piperazine rings is 1. The highest BCUT2D eigenvalue weighted by atomic mass is 32.2. The van der Waals surface area contributed by atoms with Crippen molar-refractivity contribution in [2.45, 2.75) is 17.9 Å². The summed E-state index contributed by atoms with van der Waals surface area (Å²) in [5.74, 6) is 2.06. The Kier molecular flexibility index (Phi) is 6.34. The van der Waals surface area contributed by atoms with E-state index in [-0.39, 0.29) is 0 Å². The predicted octanol–water partition coefficient (Wildman–Crippen LogP) is 3.66. The summed E-state index contributed by atoms with van der Waals surface area (Å²) >= 11 is 1.83. The number of nitrogens with zero attached hydrogens (tertiary/aromatic N) is 4. The molecule has 1 aliphatic rings. The van der Waals surface area contributed by atoms with Crippen LogP contribution in [0.4, 0.5) is 5.69 Å². The zero-order valence-electron chi connectivity index (χ0n) is 16.3. The van der Waals surface area contributed by atoms with E-state index in [2.05, 4.69) is 43.0 Å². The molecule has 1 aliphatic heterocycles. The van der Waals surface area contributed by atoms with Crippen LogP contribution in [0.1, 0.15) is 12.8 Å². The lowest BCUT2D eigenvalue weighted by Crippen LogP contribution is -2.46. The third kappa shape index (κ3) is 4.42. The summed E-state index contributed by atoms with van der Waals surface area (Å²) in [7, 11) is 1.75. The van der Waals surface area contributed by atoms with Crippen LogP contribution in [0.15, 0.2) is 47.9 Å². The number of hydrogen-bond donors (Lipinski definition) is 1. The van der Waals surface area contributed by atoms with Gasteiger partial charge >= 0.3 is 0 Å². The van der Waals surface area contributed by atoms with Gasteiger partial charge in [-0.25, -0.2) is 9.97 Å². The molecule has 0 amide bonds. The Morgan fingerprint density at radius 3 is 2.79 bits per heavy atom. The van der Waals surface area contributed by atoms with Gasteiger partial charge in [-0.05, 0) is 43.3 Å². The fraction of sp³-hybridized carbons (Fsp3) is 0.429. The van der Waals surface area contributed by atoms with Crippen molar-refractivity contribution < 1.29 is 4.74 Å². The Labute approximate surface area is 170 Å². The summed E-state index contributed by atoms with van der Waals surface area (Å²) in [6, 6.07) is 10.4. The molecule has 1 aromatic carbocycles. The molecular weight excluding hydrogens is 370 g/mol. The van der Waals surface area contributed by atoms with E-state index in [4.69, 9.17) is 4.74 Å². The maximum Gasteiger partial charge on any atom is 0.142 e. The van der Waals surface area contributed by atoms with Crippen molar-refractivity contribution >= 4 is 28.5 Å². The molecule has 28 heavy (non-hydrogen) atoms. The normalized spacial score (nSPS) is 15.2. The second-order valence-electron chi connectivity index (χ2n) is 6.97. The first-order chi connectivity index (χ1) is 13.8. The number of H-pyrrole nitrogens is 1. The van der Waals surface area contributed by atoms with Gasteiger partial charge in [0.25, 0.3) is 0 Å². The molecule has 6 nitrogen and oxygen atoms in total. The van der Waals surface area contributed by atoms with Crippen molar-refractivity contribution in [3.05, 3.63) is 42.9 Å². The molecule has 2 aromatic heterocycles. The molecular formula is C21H27N5OS. The zero-order valence-corrected chi connectivity index (χ0v) is 17.1. The zero-order chi connectivity index (χ0) is 19.2. The van der Waals surface area contributed by atoms with Crippen molar-refractivity contribution in [1.29, 1.82) is 0 Å². The summed E-state index contributed by atoms with van der Waals surface area (Å²) in [6.07, 6.45) is 5.99. The molecule has 1 N–H and O–H groups in total. The number of aromatic nitrogens is 3. The predicted molar refractivity (Wildman–Crippen MR) is 115 cm³/mol. The van der Waals surface area contributed by atoms with Gasteiger partial charge in [0.2, 0.25) is 0 Å². The van der Waals surface area contributed by atoms with Gasteiger partial charge in [-0.3, -0.25) is 4.90 Å². The minimum absolute atomic E-state index is 0.922. The van der Waals surface area contributed by atoms with Crippen LogP contribution < -0.4 is 9.64 Å². The van der Waals surface area contributed by atoms with Gasteiger partial charge in [0.05, 0.1) is 18.2 Å². The highest BCUT2D eigenvalue weighted by molar-refractivity contribution is 7.99. The first-order valence-electron chi connectivity index (χ1n) is 9.86. The summed E-state index contributed by atoms with van der Waals surface area (Å²) < 4.78 is 5.51. The molecule has 148 valence electrons. The second-order valence-corrected chi connectivity index (χ2v) is 8.06. The number of rotatable bonds is 8. The summed E-state index contributed by atoms with van der Waals surface area (Å²) in [5.41, 5.74) is 2.13. The Morgan fingerprint density at radius 1 is 1.07 bits per heavy atom. The molecule has 0 atom stereocenters. The van der Waals surface area contributed by atoms with Crippen LogP contribution in [0.5, 0.6) is 5.75 Å². The average molecular weight is 398 g/mol. The van der Waals surface area contributed by atoms with E-state index in [1.54, 1.807) is 13.4 Å². The van der Waals surface area contributed by atoms with Crippen LogP contribution >= 0.6 is 11.8 Å². The molecule has 0 radical (unpaired) electrons. The van der Waals surface area contributed by atoms with Crippen molar-refractivity contribution in [3.8, 4) is 5.75 Å². The maximum absolute atomic E-state index is 5.51. The number of hydrogen-bond acceptors (Lipinski definition) is 6. The molecule has 0 unspecified atom stereocenters. The van der Waals surface area contributed by atoms with Gasteiger partial charge in [-0.2, -0.15) is 0 Å². The summed E-state index contributed by atoms with van der Waals surface area (Å²) in [6.45, 7) is 5.51. The van der Waals surface area contributed by atoms with Crippen LogP contribution in [-0.4, -0.2) is 65.4 Å². The first kappa shape index (κ1) is 19.1. The number of unbranched alkanes of at least 4 members (excludes halogenated alkanes) is 1. The van der Waals surface area contributed by atoms with E-state index in [1.165, 1.54) is 25.1 Å². The lowest BCUT2D eigenvalue weighted by molar-refractivity contribution is 0.253. The molecule has 7 heteroatoms. The summed E-state index contributed by atoms with van der Waals surface area (Å²) in [4.78, 5) is 16.8. The third-order valence-electron chi connectivity index (χ3n) is 5.22. The number of anilines is 1. The fourth-order valence-electron chi connectivity index (χ4n) is 3.67. The molecule has 0 spiro atoms. The molecule has 0 bridgehead atoms. The van der Waals surface area contributed by atoms with Crippen LogP contribution in [0.2, 0.25) is 0 Å². The monoisotopic (exact) mass is 397 g/mol. The van der Waals surface area contributed by atoms with Gasteiger partial charge in [-0.15, -0.1) is 11.8 Å². The molecule has 4 rings (SSSR count). The number of aromatic amines is 1. The van der Waals surface area contributed by atoms with Crippen molar-refractivity contribution in [3.63, 3.8) is 0 Å². The summed E-state index contributed by atoms with van der Waals surface area (Å²) in [5, 5.41) is 2.21. The van der Waals surface area contributed by atoms with E-state index in [0.717, 1.165) is 53.7 Å². The standard InChI is InChI=1S/C21H27N5OS/c1-27-19-7-3-2-6-18(19)26-13-11-25(12-14-26)10-4-5-15-28-21-17-8-9-22-20(17)23-16-24-21/h2-3,6-9,16H,4-5,10-15H2,1H3,(H,22,23,24). The largest absolute Gasteiger partial charge is 0.495 e. The van der Waals surface area contributed by atoms with Gasteiger partial charge in [-0.1, -0.05) is 12.1 Å². The minimum Gasteiger partial charge on any atom is -0.495 e. The van der Waals surface area contributed by atoms with E-state index in [1.807, 2.05) is 30.1 Å². The number of ether oxygens (including phenoxy) is 1. The quantitative estimate of drug-likeness (QED) is 0.356. The van der Waals surface area contributed by atoms with Gasteiger partial charge in [0, 0.05) is 32.4 Å². The smallest absolute Gasteiger partial charge is 0.142 e. The van der Waals surface area contributed by atoms with Crippen LogP contribution in [0, 0.1) is 0 Å². The third-order valence-corrected chi connectivity index (χ3v) is 6.31. The Morgan fingerprint density at radius 2 is 1.93 bits per heavy atom. The lowest BCUT2D eigenvalue weighted by atomic mass is 10.2. The highest BCUT2D eigenvalue weighted by Gasteiger charge is 2.19. The van der Waals surface area contributed by atoms with Crippen LogP contribution in [0.3, 0.4) is 0 Å². The molecule has 1 saturated heterocycles. The fourth-order valence-corrected chi connectivity index (χ4v) is 4.66. The first-order valence-corrected chi connectivity index (χ1v) is 10.8. The second kappa shape index (κ2) is 9.30. The molecule has 0 saturated carbocycles.